The predicted molar refractivity (Wildman–Crippen MR) is 93.4 cm³/mol. The van der Waals surface area contributed by atoms with E-state index in [0.717, 1.165) is 30.2 Å². The zero-order valence-electron chi connectivity index (χ0n) is 14.1. The SMILES string of the molecule is CSc1ncc(C(=O)N2CCN(c3ncnc(C)c3C)CC2)cn1. The lowest BCUT2D eigenvalue weighted by Gasteiger charge is -2.36. The number of anilines is 1. The second-order valence-corrected chi connectivity index (χ2v) is 6.42. The van der Waals surface area contributed by atoms with Gasteiger partial charge in [-0.2, -0.15) is 0 Å². The van der Waals surface area contributed by atoms with E-state index in [1.807, 2.05) is 25.0 Å². The number of piperazine rings is 1. The Balaban J connectivity index is 1.66. The molecule has 0 atom stereocenters. The van der Waals surface area contributed by atoms with Crippen LogP contribution < -0.4 is 4.90 Å². The van der Waals surface area contributed by atoms with Crippen molar-refractivity contribution in [1.82, 2.24) is 24.8 Å². The van der Waals surface area contributed by atoms with Gasteiger partial charge in [-0.05, 0) is 20.1 Å². The van der Waals surface area contributed by atoms with E-state index in [1.165, 1.54) is 11.8 Å². The molecule has 0 aliphatic carbocycles. The first-order valence-electron chi connectivity index (χ1n) is 7.78. The first kappa shape index (κ1) is 16.6. The van der Waals surface area contributed by atoms with Gasteiger partial charge < -0.3 is 9.80 Å². The highest BCUT2D eigenvalue weighted by Crippen LogP contribution is 2.20. The van der Waals surface area contributed by atoms with Crippen LogP contribution in [0.4, 0.5) is 5.82 Å². The number of thioether (sulfide) groups is 1. The average molecular weight is 344 g/mol. The van der Waals surface area contributed by atoms with Crippen molar-refractivity contribution in [3.05, 3.63) is 35.5 Å². The quantitative estimate of drug-likeness (QED) is 0.618. The molecule has 0 unspecified atom stereocenters. The molecule has 8 heteroatoms. The van der Waals surface area contributed by atoms with E-state index >= 15 is 0 Å². The van der Waals surface area contributed by atoms with Gasteiger partial charge in [0.25, 0.3) is 5.91 Å². The normalized spacial score (nSPS) is 14.8. The Hall–Kier alpha value is -2.22. The van der Waals surface area contributed by atoms with E-state index in [1.54, 1.807) is 18.7 Å². The van der Waals surface area contributed by atoms with Crippen LogP contribution >= 0.6 is 11.8 Å². The first-order valence-corrected chi connectivity index (χ1v) is 9.01. The van der Waals surface area contributed by atoms with Gasteiger partial charge in [0.1, 0.15) is 12.1 Å². The second-order valence-electron chi connectivity index (χ2n) is 5.65. The Kier molecular flexibility index (Phi) is 4.94. The fraction of sp³-hybridized carbons (Fsp3) is 0.438. The highest BCUT2D eigenvalue weighted by molar-refractivity contribution is 7.98. The third-order valence-electron chi connectivity index (χ3n) is 4.23. The Morgan fingerprint density at radius 2 is 1.71 bits per heavy atom. The minimum atomic E-state index is -0.0158. The zero-order valence-corrected chi connectivity index (χ0v) is 14.9. The summed E-state index contributed by atoms with van der Waals surface area (Å²) in [5.74, 6) is 0.945. The van der Waals surface area contributed by atoms with E-state index in [-0.39, 0.29) is 5.91 Å². The van der Waals surface area contributed by atoms with Crippen molar-refractivity contribution in [2.75, 3.05) is 37.3 Å². The fourth-order valence-electron chi connectivity index (χ4n) is 2.68. The number of aromatic nitrogens is 4. The van der Waals surface area contributed by atoms with Crippen molar-refractivity contribution in [3.8, 4) is 0 Å². The lowest BCUT2D eigenvalue weighted by molar-refractivity contribution is 0.0745. The highest BCUT2D eigenvalue weighted by Gasteiger charge is 2.24. The summed E-state index contributed by atoms with van der Waals surface area (Å²) in [7, 11) is 0. The Labute approximate surface area is 145 Å². The molecule has 126 valence electrons. The van der Waals surface area contributed by atoms with Gasteiger partial charge in [-0.15, -0.1) is 0 Å². The topological polar surface area (TPSA) is 75.1 Å². The second kappa shape index (κ2) is 7.12. The standard InChI is InChI=1S/C16H20N6OS/c1-11-12(2)19-10-20-14(11)21-4-6-22(7-5-21)15(23)13-8-17-16(24-3)18-9-13/h8-10H,4-7H2,1-3H3. The summed E-state index contributed by atoms with van der Waals surface area (Å²) < 4.78 is 0. The summed E-state index contributed by atoms with van der Waals surface area (Å²) in [6.45, 7) is 6.85. The number of carbonyl (C=O) groups excluding carboxylic acids is 1. The molecule has 1 amide bonds. The fourth-order valence-corrected chi connectivity index (χ4v) is 3.00. The number of nitrogens with zero attached hydrogens (tertiary/aromatic N) is 6. The lowest BCUT2D eigenvalue weighted by atomic mass is 10.2. The van der Waals surface area contributed by atoms with E-state index in [4.69, 9.17) is 0 Å². The zero-order chi connectivity index (χ0) is 17.1. The van der Waals surface area contributed by atoms with Crippen LogP contribution in [0.3, 0.4) is 0 Å². The lowest BCUT2D eigenvalue weighted by Crippen LogP contribution is -2.49. The first-order chi connectivity index (χ1) is 11.6. The van der Waals surface area contributed by atoms with Gasteiger partial charge in [0, 0.05) is 49.8 Å². The Morgan fingerprint density at radius 3 is 2.33 bits per heavy atom. The molecule has 0 saturated carbocycles. The van der Waals surface area contributed by atoms with Crippen LogP contribution in [0.15, 0.2) is 23.9 Å². The van der Waals surface area contributed by atoms with Crippen LogP contribution in [0.25, 0.3) is 0 Å². The Bertz CT molecular complexity index is 728. The molecule has 0 N–H and O–H groups in total. The summed E-state index contributed by atoms with van der Waals surface area (Å²) >= 11 is 1.46. The summed E-state index contributed by atoms with van der Waals surface area (Å²) in [5.41, 5.74) is 2.62. The molecule has 3 rings (SSSR count). The number of hydrogen-bond donors (Lipinski definition) is 0. The molecule has 1 saturated heterocycles. The molecule has 0 radical (unpaired) electrons. The third-order valence-corrected chi connectivity index (χ3v) is 4.81. The number of carbonyl (C=O) groups is 1. The monoisotopic (exact) mass is 344 g/mol. The van der Waals surface area contributed by atoms with Crippen LogP contribution in [0.2, 0.25) is 0 Å². The summed E-state index contributed by atoms with van der Waals surface area (Å²) in [6.07, 6.45) is 6.71. The molecule has 1 aliphatic rings. The predicted octanol–water partition coefficient (Wildman–Crippen LogP) is 1.57. The Morgan fingerprint density at radius 1 is 1.04 bits per heavy atom. The number of amides is 1. The largest absolute Gasteiger partial charge is 0.353 e. The smallest absolute Gasteiger partial charge is 0.257 e. The van der Waals surface area contributed by atoms with Crippen LogP contribution in [-0.2, 0) is 0 Å². The maximum absolute atomic E-state index is 12.6. The summed E-state index contributed by atoms with van der Waals surface area (Å²) in [6, 6.07) is 0. The third kappa shape index (κ3) is 3.33. The maximum atomic E-state index is 12.6. The van der Waals surface area contributed by atoms with Crippen LogP contribution in [0, 0.1) is 13.8 Å². The van der Waals surface area contributed by atoms with Crippen molar-refractivity contribution < 1.29 is 4.79 Å². The van der Waals surface area contributed by atoms with E-state index in [0.29, 0.717) is 23.8 Å². The summed E-state index contributed by atoms with van der Waals surface area (Å²) in [5, 5.41) is 0.672. The van der Waals surface area contributed by atoms with Gasteiger partial charge in [-0.25, -0.2) is 19.9 Å². The number of hydrogen-bond acceptors (Lipinski definition) is 7. The summed E-state index contributed by atoms with van der Waals surface area (Å²) in [4.78, 5) is 33.6. The van der Waals surface area contributed by atoms with Crippen molar-refractivity contribution in [2.45, 2.75) is 19.0 Å². The van der Waals surface area contributed by atoms with Gasteiger partial charge in [-0.3, -0.25) is 4.79 Å². The van der Waals surface area contributed by atoms with E-state index in [2.05, 4.69) is 24.8 Å². The minimum Gasteiger partial charge on any atom is -0.353 e. The van der Waals surface area contributed by atoms with E-state index < -0.39 is 0 Å². The molecule has 0 bridgehead atoms. The molecule has 2 aromatic rings. The molecular formula is C16H20N6OS. The number of rotatable bonds is 3. The van der Waals surface area contributed by atoms with Gasteiger partial charge in [0.15, 0.2) is 5.16 Å². The molecule has 1 aliphatic heterocycles. The van der Waals surface area contributed by atoms with E-state index in [9.17, 15) is 4.79 Å². The molecule has 2 aromatic heterocycles. The molecule has 24 heavy (non-hydrogen) atoms. The molecule has 1 fully saturated rings. The van der Waals surface area contributed by atoms with Crippen molar-refractivity contribution in [1.29, 1.82) is 0 Å². The van der Waals surface area contributed by atoms with Crippen molar-refractivity contribution in [2.24, 2.45) is 0 Å². The molecule has 0 aromatic carbocycles. The maximum Gasteiger partial charge on any atom is 0.257 e. The molecule has 7 nitrogen and oxygen atoms in total. The van der Waals surface area contributed by atoms with Crippen LogP contribution in [0.1, 0.15) is 21.6 Å². The van der Waals surface area contributed by atoms with Gasteiger partial charge in [0.05, 0.1) is 5.56 Å². The molecular weight excluding hydrogens is 324 g/mol. The van der Waals surface area contributed by atoms with Crippen molar-refractivity contribution in [3.63, 3.8) is 0 Å². The van der Waals surface area contributed by atoms with Crippen LogP contribution in [-0.4, -0.2) is 63.2 Å². The molecule has 3 heterocycles. The van der Waals surface area contributed by atoms with Gasteiger partial charge >= 0.3 is 0 Å². The van der Waals surface area contributed by atoms with Gasteiger partial charge in [0.2, 0.25) is 0 Å². The highest BCUT2D eigenvalue weighted by atomic mass is 32.2. The van der Waals surface area contributed by atoms with Gasteiger partial charge in [-0.1, -0.05) is 11.8 Å². The molecule has 0 spiro atoms. The van der Waals surface area contributed by atoms with Crippen LogP contribution in [0.5, 0.6) is 0 Å². The van der Waals surface area contributed by atoms with Crippen molar-refractivity contribution >= 4 is 23.5 Å². The average Bonchev–Trinajstić information content (AvgIpc) is 2.64. The minimum absolute atomic E-state index is 0.0158. The number of aryl methyl sites for hydroxylation is 1.